The van der Waals surface area contributed by atoms with Crippen LogP contribution in [0.4, 0.5) is 0 Å². The smallest absolute Gasteiger partial charge is 0.0270 e. The zero-order chi connectivity index (χ0) is 10.6. The van der Waals surface area contributed by atoms with E-state index in [0.29, 0.717) is 5.41 Å². The third-order valence-electron chi connectivity index (χ3n) is 3.68. The second kappa shape index (κ2) is 4.75. The van der Waals surface area contributed by atoms with Crippen molar-refractivity contribution in [3.05, 3.63) is 30.1 Å². The van der Waals surface area contributed by atoms with Crippen LogP contribution >= 0.6 is 0 Å². The molecule has 0 aliphatic heterocycles. The van der Waals surface area contributed by atoms with Gasteiger partial charge in [-0.1, -0.05) is 19.3 Å². The van der Waals surface area contributed by atoms with Crippen molar-refractivity contribution in [3.8, 4) is 0 Å². The molecule has 0 spiro atoms. The highest BCUT2D eigenvalue weighted by Gasteiger charge is 2.30. The standard InChI is InChI=1S/C13H20N2/c14-11-13(6-2-1-3-7-13)10-12-4-8-15-9-5-12/h4-5,8-9H,1-3,6-7,10-11,14H2. The van der Waals surface area contributed by atoms with Crippen molar-refractivity contribution in [2.45, 2.75) is 38.5 Å². The highest BCUT2D eigenvalue weighted by molar-refractivity contribution is 5.13. The van der Waals surface area contributed by atoms with Crippen LogP contribution in [0.2, 0.25) is 0 Å². The first kappa shape index (κ1) is 10.6. The van der Waals surface area contributed by atoms with E-state index in [1.165, 1.54) is 37.7 Å². The Morgan fingerprint density at radius 3 is 2.40 bits per heavy atom. The van der Waals surface area contributed by atoms with Crippen molar-refractivity contribution in [2.24, 2.45) is 11.1 Å². The number of nitrogens with two attached hydrogens (primary N) is 1. The predicted octanol–water partition coefficient (Wildman–Crippen LogP) is 2.53. The van der Waals surface area contributed by atoms with Crippen LogP contribution in [0.1, 0.15) is 37.7 Å². The van der Waals surface area contributed by atoms with Crippen LogP contribution in [0.15, 0.2) is 24.5 Å². The molecule has 1 aromatic heterocycles. The maximum atomic E-state index is 5.97. The summed E-state index contributed by atoms with van der Waals surface area (Å²) in [6.45, 7) is 0.829. The van der Waals surface area contributed by atoms with E-state index < -0.39 is 0 Å². The molecule has 2 N–H and O–H groups in total. The van der Waals surface area contributed by atoms with E-state index in [0.717, 1.165) is 13.0 Å². The van der Waals surface area contributed by atoms with Crippen molar-refractivity contribution in [1.29, 1.82) is 0 Å². The van der Waals surface area contributed by atoms with Gasteiger partial charge >= 0.3 is 0 Å². The fourth-order valence-corrected chi connectivity index (χ4v) is 2.69. The zero-order valence-corrected chi connectivity index (χ0v) is 9.28. The molecular weight excluding hydrogens is 184 g/mol. The van der Waals surface area contributed by atoms with Crippen LogP contribution in [0.3, 0.4) is 0 Å². The average molecular weight is 204 g/mol. The van der Waals surface area contributed by atoms with E-state index in [4.69, 9.17) is 5.73 Å². The van der Waals surface area contributed by atoms with Crippen LogP contribution in [-0.4, -0.2) is 11.5 Å². The van der Waals surface area contributed by atoms with E-state index in [1.807, 2.05) is 12.4 Å². The molecule has 0 amide bonds. The lowest BCUT2D eigenvalue weighted by molar-refractivity contribution is 0.197. The SMILES string of the molecule is NCC1(Cc2ccncc2)CCCCC1. The summed E-state index contributed by atoms with van der Waals surface area (Å²) >= 11 is 0. The Kier molecular flexibility index (Phi) is 3.37. The van der Waals surface area contributed by atoms with Crippen molar-refractivity contribution in [1.82, 2.24) is 4.98 Å². The maximum absolute atomic E-state index is 5.97. The summed E-state index contributed by atoms with van der Waals surface area (Å²) < 4.78 is 0. The molecule has 1 saturated carbocycles. The molecule has 1 aromatic rings. The van der Waals surface area contributed by atoms with Crippen LogP contribution in [0.25, 0.3) is 0 Å². The van der Waals surface area contributed by atoms with Crippen molar-refractivity contribution in [2.75, 3.05) is 6.54 Å². The topological polar surface area (TPSA) is 38.9 Å². The molecule has 2 rings (SSSR count). The monoisotopic (exact) mass is 204 g/mol. The Morgan fingerprint density at radius 1 is 1.13 bits per heavy atom. The molecule has 1 fully saturated rings. The van der Waals surface area contributed by atoms with Gasteiger partial charge in [-0.2, -0.15) is 0 Å². The van der Waals surface area contributed by atoms with E-state index >= 15 is 0 Å². The summed E-state index contributed by atoms with van der Waals surface area (Å²) in [5, 5.41) is 0. The lowest BCUT2D eigenvalue weighted by Gasteiger charge is -2.36. The summed E-state index contributed by atoms with van der Waals surface area (Å²) in [7, 11) is 0. The van der Waals surface area contributed by atoms with Crippen molar-refractivity contribution < 1.29 is 0 Å². The van der Waals surface area contributed by atoms with Gasteiger partial charge in [0.1, 0.15) is 0 Å². The number of nitrogens with zero attached hydrogens (tertiary/aromatic N) is 1. The van der Waals surface area contributed by atoms with E-state index in [1.54, 1.807) is 0 Å². The van der Waals surface area contributed by atoms with Crippen LogP contribution < -0.4 is 5.73 Å². The first-order valence-electron chi connectivity index (χ1n) is 5.94. The zero-order valence-electron chi connectivity index (χ0n) is 9.28. The first-order valence-corrected chi connectivity index (χ1v) is 5.94. The van der Waals surface area contributed by atoms with Gasteiger partial charge < -0.3 is 5.73 Å². The number of hydrogen-bond donors (Lipinski definition) is 1. The maximum Gasteiger partial charge on any atom is 0.0270 e. The Hall–Kier alpha value is -0.890. The lowest BCUT2D eigenvalue weighted by atomic mass is 9.70. The summed E-state index contributed by atoms with van der Waals surface area (Å²) in [6, 6.07) is 4.23. The van der Waals surface area contributed by atoms with Crippen LogP contribution in [0.5, 0.6) is 0 Å². The van der Waals surface area contributed by atoms with Gasteiger partial charge in [-0.15, -0.1) is 0 Å². The molecule has 0 aromatic carbocycles. The van der Waals surface area contributed by atoms with Crippen molar-refractivity contribution in [3.63, 3.8) is 0 Å². The minimum atomic E-state index is 0.375. The average Bonchev–Trinajstić information content (AvgIpc) is 2.32. The van der Waals surface area contributed by atoms with E-state index in [-0.39, 0.29) is 0 Å². The van der Waals surface area contributed by atoms with Crippen LogP contribution in [0, 0.1) is 5.41 Å². The Morgan fingerprint density at radius 2 is 1.80 bits per heavy atom. The minimum absolute atomic E-state index is 0.375. The molecule has 0 atom stereocenters. The first-order chi connectivity index (χ1) is 7.35. The molecular formula is C13H20N2. The van der Waals surface area contributed by atoms with Gasteiger partial charge in [-0.05, 0) is 48.9 Å². The molecule has 0 radical (unpaired) electrons. The highest BCUT2D eigenvalue weighted by atomic mass is 14.6. The van der Waals surface area contributed by atoms with Gasteiger partial charge in [0.25, 0.3) is 0 Å². The Balaban J connectivity index is 2.07. The summed E-state index contributed by atoms with van der Waals surface area (Å²) in [6.07, 6.45) is 11.6. The third kappa shape index (κ3) is 2.57. The number of aromatic nitrogens is 1. The van der Waals surface area contributed by atoms with Crippen LogP contribution in [-0.2, 0) is 6.42 Å². The second-order valence-corrected chi connectivity index (χ2v) is 4.80. The molecule has 1 heterocycles. The molecule has 1 aliphatic carbocycles. The molecule has 2 nitrogen and oxygen atoms in total. The predicted molar refractivity (Wildman–Crippen MR) is 62.5 cm³/mol. The molecule has 82 valence electrons. The normalized spacial score (nSPS) is 20.1. The van der Waals surface area contributed by atoms with E-state index in [2.05, 4.69) is 17.1 Å². The van der Waals surface area contributed by atoms with Crippen molar-refractivity contribution >= 4 is 0 Å². The molecule has 2 heteroatoms. The molecule has 1 aliphatic rings. The lowest BCUT2D eigenvalue weighted by Crippen LogP contribution is -2.34. The summed E-state index contributed by atoms with van der Waals surface area (Å²) in [5.74, 6) is 0. The fourth-order valence-electron chi connectivity index (χ4n) is 2.69. The van der Waals surface area contributed by atoms with Gasteiger partial charge in [-0.25, -0.2) is 0 Å². The van der Waals surface area contributed by atoms with Gasteiger partial charge in [0.05, 0.1) is 0 Å². The molecule has 15 heavy (non-hydrogen) atoms. The van der Waals surface area contributed by atoms with E-state index in [9.17, 15) is 0 Å². The second-order valence-electron chi connectivity index (χ2n) is 4.80. The van der Waals surface area contributed by atoms with Gasteiger partial charge in [0.2, 0.25) is 0 Å². The largest absolute Gasteiger partial charge is 0.330 e. The summed E-state index contributed by atoms with van der Waals surface area (Å²) in [5.41, 5.74) is 7.73. The number of rotatable bonds is 3. The summed E-state index contributed by atoms with van der Waals surface area (Å²) in [4.78, 5) is 4.06. The number of pyridine rings is 1. The molecule has 0 bridgehead atoms. The highest BCUT2D eigenvalue weighted by Crippen LogP contribution is 2.38. The minimum Gasteiger partial charge on any atom is -0.330 e. The number of hydrogen-bond acceptors (Lipinski definition) is 2. The van der Waals surface area contributed by atoms with Gasteiger partial charge in [0.15, 0.2) is 0 Å². The fraction of sp³-hybridized carbons (Fsp3) is 0.615. The Bertz CT molecular complexity index is 289. The quantitative estimate of drug-likeness (QED) is 0.821. The van der Waals surface area contributed by atoms with Gasteiger partial charge in [-0.3, -0.25) is 4.98 Å². The molecule has 0 saturated heterocycles. The Labute approximate surface area is 91.9 Å². The third-order valence-corrected chi connectivity index (χ3v) is 3.68. The molecule has 0 unspecified atom stereocenters. The van der Waals surface area contributed by atoms with Gasteiger partial charge in [0, 0.05) is 12.4 Å².